The molecule has 120 valence electrons. The second-order valence-corrected chi connectivity index (χ2v) is 5.63. The van der Waals surface area contributed by atoms with E-state index in [0.717, 1.165) is 77.0 Å². The van der Waals surface area contributed by atoms with Crippen LogP contribution in [0.15, 0.2) is 0 Å². The summed E-state index contributed by atoms with van der Waals surface area (Å²) in [6.07, 6.45) is 12.2. The van der Waals surface area contributed by atoms with Crippen molar-refractivity contribution in [2.45, 2.75) is 89.6 Å². The van der Waals surface area contributed by atoms with Crippen molar-refractivity contribution in [3.8, 4) is 0 Å². The standard InChI is InChI=1S/C16H32O4/c17-14-10-6-2-4-8-12-15(18)11-7-3-1-5-9-13-16(19)20/h15,17-18H,1-14H2,(H,19,20)/t15-/m1/s1. The van der Waals surface area contributed by atoms with Gasteiger partial charge in [-0.2, -0.15) is 0 Å². The number of carbonyl (C=O) groups is 1. The van der Waals surface area contributed by atoms with Gasteiger partial charge in [0.1, 0.15) is 0 Å². The Kier molecular flexibility index (Phi) is 14.3. The van der Waals surface area contributed by atoms with Crippen molar-refractivity contribution in [3.63, 3.8) is 0 Å². The van der Waals surface area contributed by atoms with E-state index < -0.39 is 5.97 Å². The van der Waals surface area contributed by atoms with Crippen LogP contribution in [0.4, 0.5) is 0 Å². The molecule has 4 nitrogen and oxygen atoms in total. The first kappa shape index (κ1) is 19.4. The first-order valence-corrected chi connectivity index (χ1v) is 8.17. The van der Waals surface area contributed by atoms with Gasteiger partial charge in [-0.25, -0.2) is 0 Å². The Morgan fingerprint density at radius 2 is 1.20 bits per heavy atom. The smallest absolute Gasteiger partial charge is 0.303 e. The van der Waals surface area contributed by atoms with Crippen molar-refractivity contribution in [1.29, 1.82) is 0 Å². The highest BCUT2D eigenvalue weighted by Crippen LogP contribution is 2.13. The Bertz CT molecular complexity index is 219. The van der Waals surface area contributed by atoms with Crippen molar-refractivity contribution in [2.75, 3.05) is 6.61 Å². The summed E-state index contributed by atoms with van der Waals surface area (Å²) in [6.45, 7) is 0.287. The molecule has 0 aliphatic heterocycles. The van der Waals surface area contributed by atoms with E-state index in [9.17, 15) is 9.90 Å². The van der Waals surface area contributed by atoms with Crippen molar-refractivity contribution in [3.05, 3.63) is 0 Å². The maximum atomic E-state index is 10.3. The third-order valence-electron chi connectivity index (χ3n) is 3.62. The first-order valence-electron chi connectivity index (χ1n) is 8.17. The number of rotatable bonds is 15. The van der Waals surface area contributed by atoms with Gasteiger partial charge in [-0.15, -0.1) is 0 Å². The molecule has 0 heterocycles. The zero-order valence-electron chi connectivity index (χ0n) is 12.7. The van der Waals surface area contributed by atoms with Crippen LogP contribution in [0.1, 0.15) is 83.5 Å². The average Bonchev–Trinajstić information content (AvgIpc) is 2.41. The first-order chi connectivity index (χ1) is 9.66. The molecule has 1 atom stereocenters. The van der Waals surface area contributed by atoms with Crippen molar-refractivity contribution in [1.82, 2.24) is 0 Å². The fourth-order valence-corrected chi connectivity index (χ4v) is 2.35. The van der Waals surface area contributed by atoms with Crippen molar-refractivity contribution >= 4 is 5.97 Å². The van der Waals surface area contributed by atoms with Gasteiger partial charge >= 0.3 is 5.97 Å². The summed E-state index contributed by atoms with van der Waals surface area (Å²) in [5.74, 6) is -0.709. The summed E-state index contributed by atoms with van der Waals surface area (Å²) in [6, 6.07) is 0. The number of aliphatic carboxylic acids is 1. The fourth-order valence-electron chi connectivity index (χ4n) is 2.35. The van der Waals surface area contributed by atoms with E-state index in [4.69, 9.17) is 10.2 Å². The summed E-state index contributed by atoms with van der Waals surface area (Å²) in [5, 5.41) is 26.9. The summed E-state index contributed by atoms with van der Waals surface area (Å²) in [4.78, 5) is 10.3. The van der Waals surface area contributed by atoms with Gasteiger partial charge in [0.15, 0.2) is 0 Å². The van der Waals surface area contributed by atoms with Crippen LogP contribution in [0.5, 0.6) is 0 Å². The van der Waals surface area contributed by atoms with E-state index in [1.54, 1.807) is 0 Å². The molecule has 0 aromatic rings. The lowest BCUT2D eigenvalue weighted by atomic mass is 10.0. The third-order valence-corrected chi connectivity index (χ3v) is 3.62. The highest BCUT2D eigenvalue weighted by Gasteiger charge is 2.04. The second kappa shape index (κ2) is 14.8. The fraction of sp³-hybridized carbons (Fsp3) is 0.938. The number of aliphatic hydroxyl groups is 2. The summed E-state index contributed by atoms with van der Waals surface area (Å²) in [7, 11) is 0. The molecule has 0 fully saturated rings. The Labute approximate surface area is 123 Å². The van der Waals surface area contributed by atoms with Crippen molar-refractivity contribution < 1.29 is 20.1 Å². The number of unbranched alkanes of at least 4 members (excludes halogenated alkanes) is 8. The van der Waals surface area contributed by atoms with Crippen LogP contribution in [0, 0.1) is 0 Å². The van der Waals surface area contributed by atoms with Crippen molar-refractivity contribution in [2.24, 2.45) is 0 Å². The van der Waals surface area contributed by atoms with Gasteiger partial charge in [0.25, 0.3) is 0 Å². The number of carboxylic acids is 1. The molecule has 0 unspecified atom stereocenters. The Morgan fingerprint density at radius 1 is 0.750 bits per heavy atom. The van der Waals surface area contributed by atoms with E-state index in [-0.39, 0.29) is 19.1 Å². The maximum absolute atomic E-state index is 10.3. The predicted molar refractivity (Wildman–Crippen MR) is 80.7 cm³/mol. The minimum Gasteiger partial charge on any atom is -0.481 e. The van der Waals surface area contributed by atoms with Gasteiger partial charge in [-0.1, -0.05) is 51.4 Å². The van der Waals surface area contributed by atoms with Gasteiger partial charge < -0.3 is 15.3 Å². The monoisotopic (exact) mass is 288 g/mol. The van der Waals surface area contributed by atoms with E-state index in [0.29, 0.717) is 0 Å². The SMILES string of the molecule is O=C(O)CCCCCCC[C@@H](O)CCCCCCCO. The molecule has 3 N–H and O–H groups in total. The van der Waals surface area contributed by atoms with E-state index in [1.807, 2.05) is 0 Å². The molecule has 0 spiro atoms. The molecule has 0 saturated heterocycles. The van der Waals surface area contributed by atoms with Crippen LogP contribution in [-0.4, -0.2) is 34.0 Å². The van der Waals surface area contributed by atoms with Crippen LogP contribution < -0.4 is 0 Å². The van der Waals surface area contributed by atoms with E-state index in [1.165, 1.54) is 0 Å². The zero-order valence-corrected chi connectivity index (χ0v) is 12.7. The molecule has 20 heavy (non-hydrogen) atoms. The third kappa shape index (κ3) is 15.4. The molecule has 4 heteroatoms. The van der Waals surface area contributed by atoms with E-state index in [2.05, 4.69) is 0 Å². The molecule has 0 aliphatic carbocycles. The zero-order chi connectivity index (χ0) is 15.1. The largest absolute Gasteiger partial charge is 0.481 e. The van der Waals surface area contributed by atoms with Gasteiger partial charge in [0.05, 0.1) is 6.10 Å². The van der Waals surface area contributed by atoms with Gasteiger partial charge in [-0.3, -0.25) is 4.79 Å². The lowest BCUT2D eigenvalue weighted by Crippen LogP contribution is -2.06. The van der Waals surface area contributed by atoms with E-state index >= 15 is 0 Å². The summed E-state index contributed by atoms with van der Waals surface area (Å²) < 4.78 is 0. The maximum Gasteiger partial charge on any atom is 0.303 e. The quantitative estimate of drug-likeness (QED) is 0.403. The molecule has 0 saturated carbocycles. The van der Waals surface area contributed by atoms with Crippen LogP contribution in [-0.2, 0) is 4.79 Å². The molecule has 0 aliphatic rings. The molecule has 0 rings (SSSR count). The highest BCUT2D eigenvalue weighted by atomic mass is 16.4. The van der Waals surface area contributed by atoms with Crippen LogP contribution in [0.3, 0.4) is 0 Å². The number of hydrogen-bond acceptors (Lipinski definition) is 3. The normalized spacial score (nSPS) is 12.5. The Hall–Kier alpha value is -0.610. The lowest BCUT2D eigenvalue weighted by molar-refractivity contribution is -0.137. The molecule has 0 aromatic heterocycles. The summed E-state index contributed by atoms with van der Waals surface area (Å²) in [5.41, 5.74) is 0. The highest BCUT2D eigenvalue weighted by molar-refractivity contribution is 5.66. The molecular weight excluding hydrogens is 256 g/mol. The predicted octanol–water partition coefficient (Wildman–Crippen LogP) is 3.50. The molecule has 0 bridgehead atoms. The second-order valence-electron chi connectivity index (χ2n) is 5.63. The Morgan fingerprint density at radius 3 is 1.70 bits per heavy atom. The van der Waals surface area contributed by atoms with Gasteiger partial charge in [0.2, 0.25) is 0 Å². The lowest BCUT2D eigenvalue weighted by Gasteiger charge is -2.10. The van der Waals surface area contributed by atoms with Crippen LogP contribution >= 0.6 is 0 Å². The number of aliphatic hydroxyl groups excluding tert-OH is 2. The molecular formula is C16H32O4. The van der Waals surface area contributed by atoms with Crippen LogP contribution in [0.2, 0.25) is 0 Å². The Balaban J connectivity index is 3.16. The molecule has 0 radical (unpaired) electrons. The van der Waals surface area contributed by atoms with Gasteiger partial charge in [-0.05, 0) is 25.7 Å². The van der Waals surface area contributed by atoms with Crippen LogP contribution in [0.25, 0.3) is 0 Å². The number of carboxylic acid groups (broad SMARTS) is 1. The minimum absolute atomic E-state index is 0.174. The topological polar surface area (TPSA) is 77.8 Å². The summed E-state index contributed by atoms with van der Waals surface area (Å²) >= 11 is 0. The average molecular weight is 288 g/mol. The molecule has 0 amide bonds. The van der Waals surface area contributed by atoms with Gasteiger partial charge in [0, 0.05) is 13.0 Å². The minimum atomic E-state index is -0.709. The molecule has 0 aromatic carbocycles. The number of hydrogen-bond donors (Lipinski definition) is 3.